The molecular weight excluding hydrogens is 408 g/mol. The van der Waals surface area contributed by atoms with Crippen LogP contribution in [0, 0.1) is 20.8 Å². The van der Waals surface area contributed by atoms with E-state index in [1.165, 1.54) is 39.5 Å². The molecule has 0 unspecified atom stereocenters. The largest absolute Gasteiger partial charge is 0.368 e. The Morgan fingerprint density at radius 3 is 2.27 bits per heavy atom. The molecule has 6 rings (SSSR count). The first-order chi connectivity index (χ1) is 16.1. The molecule has 1 saturated heterocycles. The molecule has 1 aliphatic carbocycles. The van der Waals surface area contributed by atoms with Crippen molar-refractivity contribution in [1.29, 1.82) is 0 Å². The summed E-state index contributed by atoms with van der Waals surface area (Å²) in [5.74, 6) is 2.68. The second-order valence-corrected chi connectivity index (χ2v) is 9.49. The Hall–Kier alpha value is -3.41. The number of hydrogen-bond donors (Lipinski definition) is 0. The SMILES string of the molecule is Cc1ccc(-c2nc3nc4c(c(N5CCN(c6cc(C)ccc6C)CC5)n3n2)CCC4)cc1. The molecule has 33 heavy (non-hydrogen) atoms. The summed E-state index contributed by atoms with van der Waals surface area (Å²) in [6.07, 6.45) is 3.27. The fraction of sp³-hybridized carbons (Fsp3) is 0.370. The number of fused-ring (bicyclic) bond motifs is 2. The molecule has 0 bridgehead atoms. The van der Waals surface area contributed by atoms with Gasteiger partial charge in [-0.1, -0.05) is 42.0 Å². The van der Waals surface area contributed by atoms with Crippen molar-refractivity contribution in [2.45, 2.75) is 40.0 Å². The zero-order valence-electron chi connectivity index (χ0n) is 19.7. The van der Waals surface area contributed by atoms with Gasteiger partial charge < -0.3 is 9.80 Å². The van der Waals surface area contributed by atoms with Gasteiger partial charge in [0, 0.05) is 43.0 Å². The summed E-state index contributed by atoms with van der Waals surface area (Å²) < 4.78 is 2.01. The Kier molecular flexibility index (Phi) is 4.82. The molecule has 0 amide bonds. The van der Waals surface area contributed by atoms with Crippen molar-refractivity contribution in [1.82, 2.24) is 19.6 Å². The molecule has 4 aromatic rings. The molecule has 0 atom stereocenters. The predicted molar refractivity (Wildman–Crippen MR) is 133 cm³/mol. The van der Waals surface area contributed by atoms with Gasteiger partial charge in [-0.25, -0.2) is 4.98 Å². The predicted octanol–water partition coefficient (Wildman–Crippen LogP) is 4.53. The van der Waals surface area contributed by atoms with Crippen molar-refractivity contribution >= 4 is 17.3 Å². The summed E-state index contributed by atoms with van der Waals surface area (Å²) in [4.78, 5) is 14.8. The summed E-state index contributed by atoms with van der Waals surface area (Å²) in [7, 11) is 0. The summed E-state index contributed by atoms with van der Waals surface area (Å²) in [5, 5.41) is 4.96. The van der Waals surface area contributed by atoms with E-state index in [-0.39, 0.29) is 0 Å². The number of anilines is 2. The Labute approximate surface area is 194 Å². The maximum atomic E-state index is 4.96. The molecule has 168 valence electrons. The van der Waals surface area contributed by atoms with Gasteiger partial charge in [-0.15, -0.1) is 5.10 Å². The van der Waals surface area contributed by atoms with E-state index in [9.17, 15) is 0 Å². The van der Waals surface area contributed by atoms with E-state index in [1.807, 2.05) is 4.52 Å². The van der Waals surface area contributed by atoms with Gasteiger partial charge in [-0.05, 0) is 57.2 Å². The minimum absolute atomic E-state index is 0.721. The zero-order valence-corrected chi connectivity index (χ0v) is 19.7. The summed E-state index contributed by atoms with van der Waals surface area (Å²) >= 11 is 0. The quantitative estimate of drug-likeness (QED) is 0.470. The fourth-order valence-electron chi connectivity index (χ4n) is 5.23. The van der Waals surface area contributed by atoms with Gasteiger partial charge in [-0.3, -0.25) is 0 Å². The summed E-state index contributed by atoms with van der Waals surface area (Å²) in [5.41, 5.74) is 8.87. The smallest absolute Gasteiger partial charge is 0.254 e. The minimum atomic E-state index is 0.721. The van der Waals surface area contributed by atoms with Gasteiger partial charge >= 0.3 is 0 Å². The van der Waals surface area contributed by atoms with Crippen LogP contribution in [0.2, 0.25) is 0 Å². The number of rotatable bonds is 3. The van der Waals surface area contributed by atoms with Crippen LogP contribution in [0.1, 0.15) is 34.4 Å². The standard InChI is InChI=1S/C27H30N6/c1-18-8-11-21(12-9-18)25-29-27-28-23-6-4-5-22(23)26(33(27)30-25)32-15-13-31(14-16-32)24-17-19(2)7-10-20(24)3/h7-12,17H,4-6,13-16H2,1-3H3. The van der Waals surface area contributed by atoms with Crippen LogP contribution in [0.4, 0.5) is 11.5 Å². The van der Waals surface area contributed by atoms with Gasteiger partial charge in [-0.2, -0.15) is 9.50 Å². The number of aryl methyl sites for hydroxylation is 4. The Bertz CT molecular complexity index is 1330. The molecule has 0 saturated carbocycles. The van der Waals surface area contributed by atoms with Crippen molar-refractivity contribution in [2.24, 2.45) is 0 Å². The first-order valence-corrected chi connectivity index (χ1v) is 12.0. The molecule has 1 aliphatic heterocycles. The molecule has 0 radical (unpaired) electrons. The lowest BCUT2D eigenvalue weighted by molar-refractivity contribution is 0.634. The monoisotopic (exact) mass is 438 g/mol. The maximum Gasteiger partial charge on any atom is 0.254 e. The molecular formula is C27H30N6. The van der Waals surface area contributed by atoms with E-state index in [0.717, 1.165) is 62.6 Å². The lowest BCUT2D eigenvalue weighted by atomic mass is 10.1. The van der Waals surface area contributed by atoms with E-state index in [4.69, 9.17) is 15.1 Å². The van der Waals surface area contributed by atoms with Crippen LogP contribution >= 0.6 is 0 Å². The molecule has 6 heteroatoms. The normalized spacial score (nSPS) is 16.0. The fourth-order valence-corrected chi connectivity index (χ4v) is 5.23. The third kappa shape index (κ3) is 3.54. The highest BCUT2D eigenvalue weighted by Crippen LogP contribution is 2.33. The van der Waals surface area contributed by atoms with Gasteiger partial charge in [0.1, 0.15) is 5.82 Å². The molecule has 0 spiro atoms. The number of hydrogen-bond acceptors (Lipinski definition) is 5. The van der Waals surface area contributed by atoms with Crippen LogP contribution < -0.4 is 9.80 Å². The highest BCUT2D eigenvalue weighted by Gasteiger charge is 2.28. The molecule has 0 N–H and O–H groups in total. The van der Waals surface area contributed by atoms with E-state index in [0.29, 0.717) is 0 Å². The minimum Gasteiger partial charge on any atom is -0.368 e. The summed E-state index contributed by atoms with van der Waals surface area (Å²) in [6.45, 7) is 10.4. The topological polar surface area (TPSA) is 49.6 Å². The highest BCUT2D eigenvalue weighted by atomic mass is 15.4. The van der Waals surface area contributed by atoms with Crippen molar-refractivity contribution < 1.29 is 0 Å². The summed E-state index contributed by atoms with van der Waals surface area (Å²) in [6, 6.07) is 15.2. The third-order valence-corrected chi connectivity index (χ3v) is 7.08. The zero-order chi connectivity index (χ0) is 22.5. The van der Waals surface area contributed by atoms with Crippen molar-refractivity contribution in [3.05, 3.63) is 70.4 Å². The number of piperazine rings is 1. The molecule has 6 nitrogen and oxygen atoms in total. The van der Waals surface area contributed by atoms with Crippen LogP contribution in [0.15, 0.2) is 42.5 Å². The van der Waals surface area contributed by atoms with Crippen molar-refractivity contribution in [3.8, 4) is 11.4 Å². The van der Waals surface area contributed by atoms with E-state index in [2.05, 4.69) is 73.0 Å². The van der Waals surface area contributed by atoms with E-state index in [1.54, 1.807) is 0 Å². The first-order valence-electron chi connectivity index (χ1n) is 12.0. The maximum absolute atomic E-state index is 4.96. The first kappa shape index (κ1) is 20.2. The highest BCUT2D eigenvalue weighted by molar-refractivity contribution is 5.63. The molecule has 3 heterocycles. The lowest BCUT2D eigenvalue weighted by Crippen LogP contribution is -2.47. The Morgan fingerprint density at radius 1 is 0.758 bits per heavy atom. The number of benzene rings is 2. The molecule has 2 aromatic carbocycles. The van der Waals surface area contributed by atoms with Crippen LogP contribution in [-0.4, -0.2) is 45.8 Å². The van der Waals surface area contributed by atoms with Crippen LogP contribution in [0.3, 0.4) is 0 Å². The Morgan fingerprint density at radius 2 is 1.48 bits per heavy atom. The average molecular weight is 439 g/mol. The lowest BCUT2D eigenvalue weighted by Gasteiger charge is -2.38. The molecule has 1 fully saturated rings. The van der Waals surface area contributed by atoms with Crippen molar-refractivity contribution in [3.63, 3.8) is 0 Å². The van der Waals surface area contributed by atoms with Gasteiger partial charge in [0.2, 0.25) is 0 Å². The average Bonchev–Trinajstić information content (AvgIpc) is 3.46. The van der Waals surface area contributed by atoms with Crippen LogP contribution in [0.25, 0.3) is 17.2 Å². The third-order valence-electron chi connectivity index (χ3n) is 7.08. The van der Waals surface area contributed by atoms with E-state index < -0.39 is 0 Å². The van der Waals surface area contributed by atoms with Crippen LogP contribution in [-0.2, 0) is 12.8 Å². The van der Waals surface area contributed by atoms with Gasteiger partial charge in [0.05, 0.1) is 5.69 Å². The Balaban J connectivity index is 1.36. The van der Waals surface area contributed by atoms with Gasteiger partial charge in [0.15, 0.2) is 5.82 Å². The second kappa shape index (κ2) is 7.87. The number of aromatic nitrogens is 4. The molecule has 2 aromatic heterocycles. The second-order valence-electron chi connectivity index (χ2n) is 9.49. The van der Waals surface area contributed by atoms with Gasteiger partial charge in [0.25, 0.3) is 5.78 Å². The number of nitrogens with zero attached hydrogens (tertiary/aromatic N) is 6. The van der Waals surface area contributed by atoms with Crippen LogP contribution in [0.5, 0.6) is 0 Å². The van der Waals surface area contributed by atoms with Crippen molar-refractivity contribution in [2.75, 3.05) is 36.0 Å². The molecule has 2 aliphatic rings. The van der Waals surface area contributed by atoms with E-state index >= 15 is 0 Å².